The van der Waals surface area contributed by atoms with Crippen molar-refractivity contribution in [3.05, 3.63) is 81.2 Å². The highest BCUT2D eigenvalue weighted by Gasteiger charge is 2.13. The molecule has 0 atom stereocenters. The van der Waals surface area contributed by atoms with E-state index in [0.29, 0.717) is 18.7 Å². The maximum atomic E-state index is 12.0. The average molecular weight is 351 g/mol. The summed E-state index contributed by atoms with van der Waals surface area (Å²) >= 11 is 0. The molecular weight excluding hydrogens is 326 g/mol. The monoisotopic (exact) mass is 351 g/mol. The first-order valence-corrected chi connectivity index (χ1v) is 8.86. The van der Waals surface area contributed by atoms with Crippen molar-refractivity contribution in [2.45, 2.75) is 26.9 Å². The van der Waals surface area contributed by atoms with Crippen molar-refractivity contribution < 1.29 is 9.15 Å². The van der Waals surface area contributed by atoms with Gasteiger partial charge in [0.2, 0.25) is 0 Å². The molecule has 1 aromatic heterocycles. The zero-order valence-electron chi connectivity index (χ0n) is 15.6. The van der Waals surface area contributed by atoms with E-state index in [2.05, 4.69) is 30.0 Å². The van der Waals surface area contributed by atoms with Gasteiger partial charge in [0.05, 0.1) is 6.61 Å². The maximum Gasteiger partial charge on any atom is 0.336 e. The van der Waals surface area contributed by atoms with E-state index < -0.39 is 0 Å². The van der Waals surface area contributed by atoms with Gasteiger partial charge < -0.3 is 9.15 Å². The third-order valence-corrected chi connectivity index (χ3v) is 4.70. The highest BCUT2D eigenvalue weighted by atomic mass is 16.5. The molecule has 26 heavy (non-hydrogen) atoms. The smallest absolute Gasteiger partial charge is 0.336 e. The lowest BCUT2D eigenvalue weighted by molar-refractivity contribution is 0.140. The standard InChI is InChI=1S/C22H25NO3/c1-16-11-20-19(13-22(24)26-21(20)12-17(16)2)15-23(9-10-25-3)14-18-7-5-4-6-8-18/h4-8,11-13H,9-10,14-15H2,1-3H3. The highest BCUT2D eigenvalue weighted by Crippen LogP contribution is 2.23. The van der Waals surface area contributed by atoms with Crippen molar-refractivity contribution in [3.8, 4) is 0 Å². The molecule has 0 aliphatic heterocycles. The molecule has 2 aromatic carbocycles. The van der Waals surface area contributed by atoms with Crippen LogP contribution in [0.4, 0.5) is 0 Å². The predicted octanol–water partition coefficient (Wildman–Crippen LogP) is 4.06. The van der Waals surface area contributed by atoms with Crippen LogP contribution in [-0.4, -0.2) is 25.2 Å². The topological polar surface area (TPSA) is 42.7 Å². The fraction of sp³-hybridized carbons (Fsp3) is 0.318. The van der Waals surface area contributed by atoms with Crippen LogP contribution in [0, 0.1) is 13.8 Å². The third kappa shape index (κ3) is 4.40. The van der Waals surface area contributed by atoms with Crippen LogP contribution in [-0.2, 0) is 17.8 Å². The minimum atomic E-state index is -0.304. The molecule has 0 unspecified atom stereocenters. The van der Waals surface area contributed by atoms with Crippen LogP contribution in [0.25, 0.3) is 11.0 Å². The second-order valence-corrected chi connectivity index (χ2v) is 6.71. The first-order valence-electron chi connectivity index (χ1n) is 8.86. The Bertz CT molecular complexity index is 931. The van der Waals surface area contributed by atoms with Gasteiger partial charge in [0, 0.05) is 38.2 Å². The van der Waals surface area contributed by atoms with Crippen LogP contribution in [0.15, 0.2) is 57.7 Å². The Morgan fingerprint density at radius 3 is 2.46 bits per heavy atom. The van der Waals surface area contributed by atoms with Gasteiger partial charge in [-0.25, -0.2) is 4.79 Å². The van der Waals surface area contributed by atoms with Gasteiger partial charge in [-0.3, -0.25) is 4.90 Å². The summed E-state index contributed by atoms with van der Waals surface area (Å²) in [5.74, 6) is 0. The van der Waals surface area contributed by atoms with Gasteiger partial charge in [0.15, 0.2) is 0 Å². The Labute approximate surface area is 154 Å². The van der Waals surface area contributed by atoms with E-state index in [0.717, 1.165) is 29.6 Å². The second kappa shape index (κ2) is 8.30. The summed E-state index contributed by atoms with van der Waals surface area (Å²) in [5.41, 5.74) is 4.90. The molecule has 3 rings (SSSR count). The molecule has 0 aliphatic carbocycles. The zero-order valence-corrected chi connectivity index (χ0v) is 15.6. The van der Waals surface area contributed by atoms with E-state index in [1.807, 2.05) is 31.2 Å². The van der Waals surface area contributed by atoms with Crippen molar-refractivity contribution in [1.82, 2.24) is 4.90 Å². The summed E-state index contributed by atoms with van der Waals surface area (Å²) in [6.45, 7) is 7.01. The summed E-state index contributed by atoms with van der Waals surface area (Å²) in [6, 6.07) is 16.0. The summed E-state index contributed by atoms with van der Waals surface area (Å²) in [6.07, 6.45) is 0. The zero-order chi connectivity index (χ0) is 18.5. The molecule has 0 aliphatic rings. The van der Waals surface area contributed by atoms with E-state index in [1.54, 1.807) is 13.2 Å². The number of nitrogens with zero attached hydrogens (tertiary/aromatic N) is 1. The van der Waals surface area contributed by atoms with Crippen molar-refractivity contribution in [2.75, 3.05) is 20.3 Å². The van der Waals surface area contributed by atoms with E-state index in [9.17, 15) is 4.79 Å². The fourth-order valence-corrected chi connectivity index (χ4v) is 3.13. The van der Waals surface area contributed by atoms with Crippen molar-refractivity contribution in [1.29, 1.82) is 0 Å². The number of benzene rings is 2. The number of rotatable bonds is 7. The van der Waals surface area contributed by atoms with Crippen molar-refractivity contribution in [3.63, 3.8) is 0 Å². The molecule has 0 fully saturated rings. The molecule has 0 amide bonds. The van der Waals surface area contributed by atoms with Crippen LogP contribution in [0.5, 0.6) is 0 Å². The Hall–Kier alpha value is -2.43. The van der Waals surface area contributed by atoms with Crippen LogP contribution in [0.3, 0.4) is 0 Å². The molecule has 0 saturated heterocycles. The average Bonchev–Trinajstić information content (AvgIpc) is 2.62. The number of fused-ring (bicyclic) bond motifs is 1. The van der Waals surface area contributed by atoms with Gasteiger partial charge in [0.1, 0.15) is 5.58 Å². The van der Waals surface area contributed by atoms with Gasteiger partial charge in [-0.2, -0.15) is 0 Å². The normalized spacial score (nSPS) is 11.4. The van der Waals surface area contributed by atoms with Gasteiger partial charge in [0.25, 0.3) is 0 Å². The lowest BCUT2D eigenvalue weighted by Gasteiger charge is -2.23. The molecule has 4 nitrogen and oxygen atoms in total. The van der Waals surface area contributed by atoms with E-state index >= 15 is 0 Å². The minimum Gasteiger partial charge on any atom is -0.423 e. The first-order chi connectivity index (χ1) is 12.6. The number of hydrogen-bond acceptors (Lipinski definition) is 4. The largest absolute Gasteiger partial charge is 0.423 e. The van der Waals surface area contributed by atoms with Gasteiger partial charge in [-0.05, 0) is 48.2 Å². The van der Waals surface area contributed by atoms with Crippen LogP contribution >= 0.6 is 0 Å². The second-order valence-electron chi connectivity index (χ2n) is 6.71. The van der Waals surface area contributed by atoms with E-state index in [-0.39, 0.29) is 5.63 Å². The quantitative estimate of drug-likeness (QED) is 0.602. The number of hydrogen-bond donors (Lipinski definition) is 0. The van der Waals surface area contributed by atoms with Crippen LogP contribution in [0.2, 0.25) is 0 Å². The highest BCUT2D eigenvalue weighted by molar-refractivity contribution is 5.81. The Balaban J connectivity index is 1.94. The number of methoxy groups -OCH3 is 1. The van der Waals surface area contributed by atoms with Crippen molar-refractivity contribution in [2.24, 2.45) is 0 Å². The lowest BCUT2D eigenvalue weighted by Crippen LogP contribution is -2.27. The fourth-order valence-electron chi connectivity index (χ4n) is 3.13. The first kappa shape index (κ1) is 18.4. The van der Waals surface area contributed by atoms with Gasteiger partial charge >= 0.3 is 5.63 Å². The SMILES string of the molecule is COCCN(Cc1ccccc1)Cc1cc(=O)oc2cc(C)c(C)cc12. The summed E-state index contributed by atoms with van der Waals surface area (Å²) in [5, 5.41) is 1.00. The molecule has 0 radical (unpaired) electrons. The predicted molar refractivity (Wildman–Crippen MR) is 104 cm³/mol. The van der Waals surface area contributed by atoms with Crippen LogP contribution < -0.4 is 5.63 Å². The molecule has 136 valence electrons. The Morgan fingerprint density at radius 2 is 1.73 bits per heavy atom. The van der Waals surface area contributed by atoms with E-state index in [1.165, 1.54) is 11.1 Å². The summed E-state index contributed by atoms with van der Waals surface area (Å²) in [7, 11) is 1.71. The summed E-state index contributed by atoms with van der Waals surface area (Å²) < 4.78 is 10.7. The van der Waals surface area contributed by atoms with Gasteiger partial charge in [-0.15, -0.1) is 0 Å². The number of aryl methyl sites for hydroxylation is 2. The molecule has 0 bridgehead atoms. The third-order valence-electron chi connectivity index (χ3n) is 4.70. The lowest BCUT2D eigenvalue weighted by atomic mass is 10.0. The summed E-state index contributed by atoms with van der Waals surface area (Å²) in [4.78, 5) is 14.3. The van der Waals surface area contributed by atoms with Crippen molar-refractivity contribution >= 4 is 11.0 Å². The number of ether oxygens (including phenoxy) is 1. The molecule has 3 aromatic rings. The Morgan fingerprint density at radius 1 is 1.00 bits per heavy atom. The maximum absolute atomic E-state index is 12.0. The molecule has 4 heteroatoms. The molecule has 1 heterocycles. The minimum absolute atomic E-state index is 0.304. The molecular formula is C22H25NO3. The molecule has 0 saturated carbocycles. The van der Waals surface area contributed by atoms with Gasteiger partial charge in [-0.1, -0.05) is 30.3 Å². The van der Waals surface area contributed by atoms with E-state index in [4.69, 9.17) is 9.15 Å². The molecule has 0 spiro atoms. The van der Waals surface area contributed by atoms with Crippen LogP contribution in [0.1, 0.15) is 22.3 Å². The molecule has 0 N–H and O–H groups in total. The Kier molecular flexibility index (Phi) is 5.86.